The van der Waals surface area contributed by atoms with E-state index in [0.717, 1.165) is 11.3 Å². The van der Waals surface area contributed by atoms with E-state index in [1.54, 1.807) is 16.7 Å². The van der Waals surface area contributed by atoms with Crippen molar-refractivity contribution in [1.82, 2.24) is 9.55 Å². The van der Waals surface area contributed by atoms with Gasteiger partial charge in [-0.1, -0.05) is 62.0 Å². The minimum atomic E-state index is -0.694. The molecule has 0 unspecified atom stereocenters. The fourth-order valence-electron chi connectivity index (χ4n) is 3.04. The Hall–Kier alpha value is -2.57. The van der Waals surface area contributed by atoms with E-state index in [1.807, 2.05) is 42.5 Å². The van der Waals surface area contributed by atoms with E-state index in [1.165, 1.54) is 11.8 Å². The average Bonchev–Trinajstić information content (AvgIpc) is 2.73. The first kappa shape index (κ1) is 21.1. The number of para-hydroxylation sites is 2. The molecule has 2 aromatic carbocycles. The quantitative estimate of drug-likeness (QED) is 0.325. The number of rotatable bonds is 9. The Morgan fingerprint density at radius 1 is 1.21 bits per heavy atom. The van der Waals surface area contributed by atoms with E-state index < -0.39 is 6.10 Å². The predicted molar refractivity (Wildman–Crippen MR) is 119 cm³/mol. The lowest BCUT2D eigenvalue weighted by molar-refractivity contribution is 0.125. The van der Waals surface area contributed by atoms with Crippen molar-refractivity contribution < 1.29 is 9.84 Å². The van der Waals surface area contributed by atoms with E-state index in [4.69, 9.17) is 4.74 Å². The van der Waals surface area contributed by atoms with Gasteiger partial charge < -0.3 is 9.84 Å². The molecule has 0 amide bonds. The van der Waals surface area contributed by atoms with Gasteiger partial charge in [-0.3, -0.25) is 9.36 Å². The molecule has 0 aliphatic carbocycles. The van der Waals surface area contributed by atoms with E-state index in [2.05, 4.69) is 25.4 Å². The molecule has 0 bridgehead atoms. The van der Waals surface area contributed by atoms with Crippen LogP contribution in [0.25, 0.3) is 10.9 Å². The number of fused-ring (bicyclic) bond motifs is 1. The van der Waals surface area contributed by atoms with Crippen LogP contribution < -0.4 is 10.3 Å². The summed E-state index contributed by atoms with van der Waals surface area (Å²) >= 11 is 1.34. The molecule has 152 valence electrons. The third-order valence-corrected chi connectivity index (χ3v) is 5.64. The summed E-state index contributed by atoms with van der Waals surface area (Å²) in [6, 6.07) is 15.1. The zero-order valence-electron chi connectivity index (χ0n) is 16.7. The average molecular weight is 411 g/mol. The third-order valence-electron chi connectivity index (χ3n) is 4.52. The topological polar surface area (TPSA) is 64.3 Å². The highest BCUT2D eigenvalue weighted by molar-refractivity contribution is 7.99. The number of hydrogen-bond donors (Lipinski definition) is 1. The maximum Gasteiger partial charge on any atom is 0.262 e. The summed E-state index contributed by atoms with van der Waals surface area (Å²) in [6.07, 6.45) is 0.977. The van der Waals surface area contributed by atoms with Gasteiger partial charge in [-0.25, -0.2) is 4.98 Å². The van der Waals surface area contributed by atoms with Crippen LogP contribution in [0, 0.1) is 0 Å². The van der Waals surface area contributed by atoms with Gasteiger partial charge in [0.25, 0.3) is 5.56 Å². The number of nitrogens with zero attached hydrogens (tertiary/aromatic N) is 2. The van der Waals surface area contributed by atoms with E-state index in [0.29, 0.717) is 34.3 Å². The molecule has 1 aromatic heterocycles. The minimum Gasteiger partial charge on any atom is -0.491 e. The Morgan fingerprint density at radius 2 is 1.93 bits per heavy atom. The van der Waals surface area contributed by atoms with Crippen LogP contribution in [0.4, 0.5) is 0 Å². The molecule has 5 nitrogen and oxygen atoms in total. The molecule has 6 heteroatoms. The van der Waals surface area contributed by atoms with Crippen LogP contribution in [0.5, 0.6) is 5.75 Å². The second-order valence-electron chi connectivity index (χ2n) is 7.08. The van der Waals surface area contributed by atoms with Crippen LogP contribution in [-0.2, 0) is 6.54 Å². The number of aromatic nitrogens is 2. The van der Waals surface area contributed by atoms with E-state index in [9.17, 15) is 9.90 Å². The highest BCUT2D eigenvalue weighted by Gasteiger charge is 2.14. The first-order valence-electron chi connectivity index (χ1n) is 9.64. The minimum absolute atomic E-state index is 0.102. The van der Waals surface area contributed by atoms with Crippen molar-refractivity contribution in [2.75, 3.05) is 12.4 Å². The van der Waals surface area contributed by atoms with Crippen molar-refractivity contribution in [3.63, 3.8) is 0 Å². The van der Waals surface area contributed by atoms with Crippen molar-refractivity contribution in [3.05, 3.63) is 77.1 Å². The van der Waals surface area contributed by atoms with E-state index in [-0.39, 0.29) is 12.2 Å². The van der Waals surface area contributed by atoms with Gasteiger partial charge in [0.15, 0.2) is 5.16 Å². The number of benzene rings is 2. The molecule has 0 spiro atoms. The largest absolute Gasteiger partial charge is 0.491 e. The molecule has 0 saturated heterocycles. The van der Waals surface area contributed by atoms with Gasteiger partial charge in [-0.05, 0) is 29.7 Å². The second kappa shape index (κ2) is 9.76. The van der Waals surface area contributed by atoms with Crippen LogP contribution in [-0.4, -0.2) is 33.1 Å². The summed E-state index contributed by atoms with van der Waals surface area (Å²) in [5, 5.41) is 11.6. The Kier molecular flexibility index (Phi) is 7.12. The smallest absolute Gasteiger partial charge is 0.262 e. The van der Waals surface area contributed by atoms with Crippen LogP contribution in [0.1, 0.15) is 25.3 Å². The molecule has 3 aromatic rings. The SMILES string of the molecule is C=CCn1c(SC[C@H](O)COc2ccccc2C(C)C)nc2ccccc2c1=O. The Bertz CT molecular complexity index is 1050. The molecule has 29 heavy (non-hydrogen) atoms. The molecule has 1 heterocycles. The first-order valence-corrected chi connectivity index (χ1v) is 10.6. The second-order valence-corrected chi connectivity index (χ2v) is 8.07. The molecule has 3 rings (SSSR count). The van der Waals surface area contributed by atoms with Gasteiger partial charge in [-0.2, -0.15) is 0 Å². The monoisotopic (exact) mass is 410 g/mol. The molecule has 0 aliphatic heterocycles. The number of allylic oxidation sites excluding steroid dienone is 1. The lowest BCUT2D eigenvalue weighted by Crippen LogP contribution is -2.25. The molecule has 0 radical (unpaired) electrons. The molecule has 0 saturated carbocycles. The van der Waals surface area contributed by atoms with Crippen LogP contribution >= 0.6 is 11.8 Å². The zero-order valence-corrected chi connectivity index (χ0v) is 17.6. The number of thioether (sulfide) groups is 1. The van der Waals surface area contributed by atoms with Gasteiger partial charge in [0.1, 0.15) is 12.4 Å². The summed E-state index contributed by atoms with van der Waals surface area (Å²) in [4.78, 5) is 17.4. The lowest BCUT2D eigenvalue weighted by atomic mass is 10.0. The fourth-order valence-corrected chi connectivity index (χ4v) is 3.96. The Labute approximate surface area is 175 Å². The number of ether oxygens (including phenoxy) is 1. The summed E-state index contributed by atoms with van der Waals surface area (Å²) in [7, 11) is 0. The summed E-state index contributed by atoms with van der Waals surface area (Å²) in [6.45, 7) is 8.50. The standard InChI is InChI=1S/C23H26N2O3S/c1-4-13-25-22(27)19-10-5-7-11-20(19)24-23(25)29-15-17(26)14-28-21-12-8-6-9-18(21)16(2)3/h4-12,16-17,26H,1,13-15H2,2-3H3/t17-/m1/s1. The van der Waals surface area contributed by atoms with Crippen LogP contribution in [0.2, 0.25) is 0 Å². The van der Waals surface area contributed by atoms with E-state index >= 15 is 0 Å². The van der Waals surface area contributed by atoms with Crippen molar-refractivity contribution in [2.24, 2.45) is 0 Å². The molecule has 0 aliphatic rings. The van der Waals surface area contributed by atoms with Gasteiger partial charge in [-0.15, -0.1) is 6.58 Å². The summed E-state index contributed by atoms with van der Waals surface area (Å²) < 4.78 is 7.44. The first-order chi connectivity index (χ1) is 14.0. The van der Waals surface area contributed by atoms with Gasteiger partial charge in [0, 0.05) is 12.3 Å². The third kappa shape index (κ3) is 5.08. The molecule has 0 fully saturated rings. The lowest BCUT2D eigenvalue weighted by Gasteiger charge is -2.17. The highest BCUT2D eigenvalue weighted by Crippen LogP contribution is 2.26. The van der Waals surface area contributed by atoms with Gasteiger partial charge in [0.05, 0.1) is 17.0 Å². The Morgan fingerprint density at radius 3 is 2.69 bits per heavy atom. The van der Waals surface area contributed by atoms with Crippen molar-refractivity contribution in [3.8, 4) is 5.75 Å². The molecular weight excluding hydrogens is 384 g/mol. The van der Waals surface area contributed by atoms with Crippen molar-refractivity contribution >= 4 is 22.7 Å². The molecule has 1 N–H and O–H groups in total. The Balaban J connectivity index is 1.71. The molecular formula is C23H26N2O3S. The highest BCUT2D eigenvalue weighted by atomic mass is 32.2. The number of aliphatic hydroxyl groups is 1. The van der Waals surface area contributed by atoms with Gasteiger partial charge in [0.2, 0.25) is 0 Å². The van der Waals surface area contributed by atoms with Crippen molar-refractivity contribution in [1.29, 1.82) is 0 Å². The van der Waals surface area contributed by atoms with Crippen molar-refractivity contribution in [2.45, 2.75) is 37.6 Å². The number of hydrogen-bond acceptors (Lipinski definition) is 5. The maximum absolute atomic E-state index is 12.8. The predicted octanol–water partition coefficient (Wildman–Crippen LogP) is 4.24. The zero-order chi connectivity index (χ0) is 20.8. The van der Waals surface area contributed by atoms with Crippen LogP contribution in [0.3, 0.4) is 0 Å². The molecule has 1 atom stereocenters. The summed E-state index contributed by atoms with van der Waals surface area (Å²) in [5.41, 5.74) is 1.66. The fraction of sp³-hybridized carbons (Fsp3) is 0.304. The maximum atomic E-state index is 12.8. The summed E-state index contributed by atoms with van der Waals surface area (Å²) in [5.74, 6) is 1.50. The van der Waals surface area contributed by atoms with Crippen LogP contribution in [0.15, 0.2) is 71.1 Å². The number of aliphatic hydroxyl groups excluding tert-OH is 1. The van der Waals surface area contributed by atoms with Gasteiger partial charge >= 0.3 is 0 Å². The normalized spacial score (nSPS) is 12.3.